The van der Waals surface area contributed by atoms with Crippen LogP contribution in [-0.4, -0.2) is 23.2 Å². The van der Waals surface area contributed by atoms with Crippen molar-refractivity contribution in [2.75, 3.05) is 0 Å². The van der Waals surface area contributed by atoms with Gasteiger partial charge in [0.05, 0.1) is 0 Å². The number of aromatic nitrogens is 1. The summed E-state index contributed by atoms with van der Waals surface area (Å²) < 4.78 is 19.7. The molecule has 0 saturated heterocycles. The normalized spacial score (nSPS) is 16.8. The van der Waals surface area contributed by atoms with Crippen LogP contribution in [0.25, 0.3) is 0 Å². The van der Waals surface area contributed by atoms with Crippen molar-refractivity contribution in [2.24, 2.45) is 0 Å². The lowest BCUT2D eigenvalue weighted by atomic mass is 9.98. The van der Waals surface area contributed by atoms with Crippen LogP contribution in [0.15, 0.2) is 48.8 Å². The first-order chi connectivity index (χ1) is 10.6. The third kappa shape index (κ3) is 3.01. The highest BCUT2D eigenvalue weighted by Gasteiger charge is 2.31. The second-order valence-corrected chi connectivity index (χ2v) is 5.71. The summed E-state index contributed by atoms with van der Waals surface area (Å²) >= 11 is 0. The van der Waals surface area contributed by atoms with Gasteiger partial charge in [-0.1, -0.05) is 37.3 Å². The lowest BCUT2D eigenvalue weighted by Crippen LogP contribution is -2.29. The van der Waals surface area contributed by atoms with Crippen LogP contribution >= 0.6 is 0 Å². The van der Waals surface area contributed by atoms with Gasteiger partial charge >= 0.3 is 5.97 Å². The number of carbonyl (C=O) groups excluding carboxylic acids is 1. The van der Waals surface area contributed by atoms with E-state index >= 15 is 0 Å². The zero-order valence-corrected chi connectivity index (χ0v) is 12.4. The van der Waals surface area contributed by atoms with Gasteiger partial charge in [-0.3, -0.25) is 4.98 Å². The summed E-state index contributed by atoms with van der Waals surface area (Å²) in [5, 5.41) is 0. The van der Waals surface area contributed by atoms with Crippen molar-refractivity contribution >= 4 is 5.97 Å². The molecule has 1 aliphatic rings. The van der Waals surface area contributed by atoms with Crippen LogP contribution in [-0.2, 0) is 22.4 Å². The monoisotopic (exact) mass is 299 g/mol. The van der Waals surface area contributed by atoms with Crippen molar-refractivity contribution in [1.29, 1.82) is 0 Å². The minimum Gasteiger partial charge on any atom is -0.460 e. The molecule has 0 amide bonds. The van der Waals surface area contributed by atoms with Gasteiger partial charge in [0.15, 0.2) is 0 Å². The maximum atomic E-state index is 14.4. The molecule has 1 aromatic carbocycles. The zero-order chi connectivity index (χ0) is 15.5. The summed E-state index contributed by atoms with van der Waals surface area (Å²) in [5.41, 5.74) is 3.05. The Morgan fingerprint density at radius 3 is 2.50 bits per heavy atom. The second-order valence-electron chi connectivity index (χ2n) is 5.71. The van der Waals surface area contributed by atoms with E-state index in [1.54, 1.807) is 31.5 Å². The summed E-state index contributed by atoms with van der Waals surface area (Å²) in [6, 6.07) is 11.5. The Balaban J connectivity index is 1.61. The van der Waals surface area contributed by atoms with Crippen LogP contribution in [0.2, 0.25) is 0 Å². The molecule has 0 aliphatic heterocycles. The highest BCUT2D eigenvalue weighted by atomic mass is 19.1. The van der Waals surface area contributed by atoms with Crippen LogP contribution < -0.4 is 0 Å². The van der Waals surface area contributed by atoms with E-state index in [-0.39, 0.29) is 6.10 Å². The van der Waals surface area contributed by atoms with Crippen LogP contribution in [0.1, 0.15) is 29.5 Å². The molecule has 114 valence electrons. The highest BCUT2D eigenvalue weighted by Crippen LogP contribution is 2.26. The molecule has 0 N–H and O–H groups in total. The molecule has 0 radical (unpaired) electrons. The molecular formula is C18H18FNO2. The number of rotatable bonds is 4. The molecule has 3 nitrogen and oxygen atoms in total. The van der Waals surface area contributed by atoms with E-state index in [9.17, 15) is 9.18 Å². The van der Waals surface area contributed by atoms with Gasteiger partial charge < -0.3 is 4.74 Å². The molecule has 4 heteroatoms. The van der Waals surface area contributed by atoms with Crippen LogP contribution in [0.5, 0.6) is 0 Å². The van der Waals surface area contributed by atoms with E-state index in [1.807, 2.05) is 24.3 Å². The first kappa shape index (κ1) is 14.7. The van der Waals surface area contributed by atoms with Crippen molar-refractivity contribution in [2.45, 2.75) is 38.0 Å². The van der Waals surface area contributed by atoms with Crippen molar-refractivity contribution < 1.29 is 13.9 Å². The maximum Gasteiger partial charge on any atom is 0.341 e. The number of carbonyl (C=O) groups is 1. The average molecular weight is 299 g/mol. The molecule has 3 rings (SSSR count). The molecular weight excluding hydrogens is 281 g/mol. The topological polar surface area (TPSA) is 39.2 Å². The highest BCUT2D eigenvalue weighted by molar-refractivity contribution is 5.76. The Hall–Kier alpha value is -2.23. The Bertz CT molecular complexity index is 634. The molecule has 0 saturated carbocycles. The van der Waals surface area contributed by atoms with Gasteiger partial charge in [0.1, 0.15) is 6.10 Å². The van der Waals surface area contributed by atoms with E-state index in [2.05, 4.69) is 4.98 Å². The Kier molecular flexibility index (Phi) is 4.18. The number of hydrogen-bond acceptors (Lipinski definition) is 3. The first-order valence-electron chi connectivity index (χ1n) is 7.46. The van der Waals surface area contributed by atoms with Crippen LogP contribution in [0.4, 0.5) is 4.39 Å². The Labute approximate surface area is 129 Å². The van der Waals surface area contributed by atoms with Gasteiger partial charge in [0, 0.05) is 31.2 Å². The number of alkyl halides is 1. The van der Waals surface area contributed by atoms with Gasteiger partial charge in [-0.2, -0.15) is 0 Å². The number of benzene rings is 1. The smallest absolute Gasteiger partial charge is 0.341 e. The fraction of sp³-hybridized carbons (Fsp3) is 0.333. The predicted molar refractivity (Wildman–Crippen MR) is 81.3 cm³/mol. The molecule has 2 aromatic rings. The molecule has 0 bridgehead atoms. The second kappa shape index (κ2) is 6.26. The largest absolute Gasteiger partial charge is 0.460 e. The molecule has 0 spiro atoms. The first-order valence-corrected chi connectivity index (χ1v) is 7.46. The van der Waals surface area contributed by atoms with E-state index in [1.165, 1.54) is 11.1 Å². The number of esters is 1. The number of pyridine rings is 1. The van der Waals surface area contributed by atoms with E-state index in [0.29, 0.717) is 18.4 Å². The fourth-order valence-corrected chi connectivity index (χ4v) is 2.85. The zero-order valence-electron chi connectivity index (χ0n) is 12.4. The third-order valence-electron chi connectivity index (χ3n) is 4.17. The number of fused-ring (bicyclic) bond motifs is 1. The lowest BCUT2D eigenvalue weighted by molar-refractivity contribution is -0.155. The number of hydrogen-bond donors (Lipinski definition) is 0. The maximum absolute atomic E-state index is 14.4. The van der Waals surface area contributed by atoms with Crippen molar-refractivity contribution in [3.05, 3.63) is 65.5 Å². The van der Waals surface area contributed by atoms with Gasteiger partial charge in [-0.05, 0) is 22.8 Å². The average Bonchev–Trinajstić information content (AvgIpc) is 2.96. The van der Waals surface area contributed by atoms with Gasteiger partial charge in [-0.25, -0.2) is 9.18 Å². The minimum absolute atomic E-state index is 0.260. The molecule has 22 heavy (non-hydrogen) atoms. The lowest BCUT2D eigenvalue weighted by Gasteiger charge is -2.18. The minimum atomic E-state index is -1.67. The molecule has 2 atom stereocenters. The van der Waals surface area contributed by atoms with Crippen molar-refractivity contribution in [3.8, 4) is 0 Å². The summed E-state index contributed by atoms with van der Waals surface area (Å²) in [5.74, 6) is -1.35. The predicted octanol–water partition coefficient (Wildman–Crippen LogP) is 3.23. The van der Waals surface area contributed by atoms with Gasteiger partial charge in [0.25, 0.3) is 0 Å². The third-order valence-corrected chi connectivity index (χ3v) is 4.17. The van der Waals surface area contributed by atoms with Gasteiger partial charge in [0.2, 0.25) is 6.17 Å². The summed E-state index contributed by atoms with van der Waals surface area (Å²) in [7, 11) is 0. The van der Waals surface area contributed by atoms with Crippen LogP contribution in [0, 0.1) is 0 Å². The molecule has 1 aromatic heterocycles. The molecule has 0 fully saturated rings. The van der Waals surface area contributed by atoms with Crippen molar-refractivity contribution in [1.82, 2.24) is 4.98 Å². The Morgan fingerprint density at radius 2 is 1.91 bits per heavy atom. The number of ether oxygens (including phenoxy) is 1. The molecule has 1 aliphatic carbocycles. The summed E-state index contributed by atoms with van der Waals surface area (Å²) in [6.45, 7) is 1.67. The SMILES string of the molecule is C[C@@H](c1cccnc1)[C@H](F)C(=O)OC1Cc2ccccc2C1. The Morgan fingerprint density at radius 1 is 1.23 bits per heavy atom. The number of halogens is 1. The fourth-order valence-electron chi connectivity index (χ4n) is 2.85. The quantitative estimate of drug-likeness (QED) is 0.814. The van der Waals surface area contributed by atoms with Crippen LogP contribution in [0.3, 0.4) is 0 Å². The molecule has 0 unspecified atom stereocenters. The van der Waals surface area contributed by atoms with E-state index in [0.717, 1.165) is 0 Å². The summed E-state index contributed by atoms with van der Waals surface area (Å²) in [4.78, 5) is 16.0. The van der Waals surface area contributed by atoms with Crippen molar-refractivity contribution in [3.63, 3.8) is 0 Å². The summed E-state index contributed by atoms with van der Waals surface area (Å²) in [6.07, 6.45) is 2.59. The standard InChI is InChI=1S/C18H18FNO2/c1-12(15-7-4-8-20-11-15)17(19)18(21)22-16-9-13-5-2-3-6-14(13)10-16/h2-8,11-12,16-17H,9-10H2,1H3/t12-,17-/m0/s1. The van der Waals surface area contributed by atoms with E-state index < -0.39 is 18.1 Å². The van der Waals surface area contributed by atoms with E-state index in [4.69, 9.17) is 4.74 Å². The molecule has 1 heterocycles. The number of nitrogens with zero attached hydrogens (tertiary/aromatic N) is 1. The van der Waals surface area contributed by atoms with Gasteiger partial charge in [-0.15, -0.1) is 0 Å².